The minimum Gasteiger partial charge on any atom is -0.308 e. The molecule has 3 rings (SSSR count). The smallest absolute Gasteiger partial charge is 0.148 e. The molecule has 0 bridgehead atoms. The van der Waals surface area contributed by atoms with Gasteiger partial charge in [0.25, 0.3) is 0 Å². The Bertz CT molecular complexity index is 549. The molecule has 1 aliphatic carbocycles. The van der Waals surface area contributed by atoms with Crippen molar-refractivity contribution in [3.05, 3.63) is 35.2 Å². The van der Waals surface area contributed by atoms with Gasteiger partial charge in [0.05, 0.1) is 11.1 Å². The molecule has 0 unspecified atom stereocenters. The normalized spacial score (nSPS) is 17.6. The van der Waals surface area contributed by atoms with Crippen LogP contribution in [0.3, 0.4) is 0 Å². The highest BCUT2D eigenvalue weighted by Crippen LogP contribution is 2.43. The molecule has 0 amide bonds. The Kier molecular flexibility index (Phi) is 2.13. The lowest BCUT2D eigenvalue weighted by atomic mass is 10.2. The molecule has 1 fully saturated rings. The molecule has 1 aromatic carbocycles. The van der Waals surface area contributed by atoms with Gasteiger partial charge in [0.1, 0.15) is 5.82 Å². The number of hydrogen-bond acceptors (Lipinski definition) is 3. The van der Waals surface area contributed by atoms with Crippen LogP contribution in [0.4, 0.5) is 0 Å². The first-order valence-corrected chi connectivity index (χ1v) is 5.73. The van der Waals surface area contributed by atoms with E-state index in [1.165, 1.54) is 0 Å². The summed E-state index contributed by atoms with van der Waals surface area (Å²) in [4.78, 5) is 9.01. The predicted octanol–water partition coefficient (Wildman–Crippen LogP) is 2.49. The summed E-state index contributed by atoms with van der Waals surface area (Å²) >= 11 is 5.92. The summed E-state index contributed by atoms with van der Waals surface area (Å²) in [6.45, 7) is 0. The maximum atomic E-state index is 5.92. The zero-order chi connectivity index (χ0) is 11.2. The van der Waals surface area contributed by atoms with Gasteiger partial charge in [-0.3, -0.25) is 0 Å². The zero-order valence-electron chi connectivity index (χ0n) is 9.00. The molecule has 0 radical (unpaired) electrons. The number of fused-ring (bicyclic) bond motifs is 1. The van der Waals surface area contributed by atoms with Crippen LogP contribution in [0.1, 0.15) is 18.7 Å². The van der Waals surface area contributed by atoms with Crippen molar-refractivity contribution in [1.29, 1.82) is 0 Å². The minimum absolute atomic E-state index is 0.0217. The average molecular weight is 234 g/mol. The summed E-state index contributed by atoms with van der Waals surface area (Å²) in [7, 11) is 1.96. The summed E-state index contributed by atoms with van der Waals surface area (Å²) < 4.78 is 0. The standard InChI is InChI=1S/C12H12ClN3/c1-14-12(4-5-12)11-15-7-8-6-9(13)2-3-10(8)16-11/h2-3,6-7,14H,4-5H2,1H3. The van der Waals surface area contributed by atoms with E-state index in [0.717, 1.165) is 34.6 Å². The zero-order valence-corrected chi connectivity index (χ0v) is 9.75. The largest absolute Gasteiger partial charge is 0.308 e. The van der Waals surface area contributed by atoms with Gasteiger partial charge < -0.3 is 5.32 Å². The van der Waals surface area contributed by atoms with Crippen LogP contribution in [0.25, 0.3) is 10.9 Å². The highest BCUT2D eigenvalue weighted by molar-refractivity contribution is 6.31. The van der Waals surface area contributed by atoms with Crippen LogP contribution in [-0.4, -0.2) is 17.0 Å². The van der Waals surface area contributed by atoms with E-state index in [1.807, 2.05) is 31.4 Å². The van der Waals surface area contributed by atoms with Crippen LogP contribution < -0.4 is 5.32 Å². The summed E-state index contributed by atoms with van der Waals surface area (Å²) in [5.74, 6) is 0.893. The molecular formula is C12H12ClN3. The number of rotatable bonds is 2. The summed E-state index contributed by atoms with van der Waals surface area (Å²) in [6.07, 6.45) is 4.08. The second-order valence-corrected chi connectivity index (χ2v) is 4.67. The van der Waals surface area contributed by atoms with Crippen molar-refractivity contribution in [3.63, 3.8) is 0 Å². The lowest BCUT2D eigenvalue weighted by Gasteiger charge is -2.12. The van der Waals surface area contributed by atoms with Gasteiger partial charge >= 0.3 is 0 Å². The van der Waals surface area contributed by atoms with Crippen molar-refractivity contribution >= 4 is 22.5 Å². The number of halogens is 1. The van der Waals surface area contributed by atoms with Crippen LogP contribution in [0.15, 0.2) is 24.4 Å². The maximum Gasteiger partial charge on any atom is 0.148 e. The first-order valence-electron chi connectivity index (χ1n) is 5.35. The molecule has 82 valence electrons. The van der Waals surface area contributed by atoms with E-state index in [4.69, 9.17) is 11.6 Å². The van der Waals surface area contributed by atoms with Gasteiger partial charge in [0.2, 0.25) is 0 Å². The molecule has 1 aromatic heterocycles. The first kappa shape index (κ1) is 10.00. The van der Waals surface area contributed by atoms with E-state index in [9.17, 15) is 0 Å². The van der Waals surface area contributed by atoms with Gasteiger partial charge in [-0.15, -0.1) is 0 Å². The molecule has 4 heteroatoms. The number of hydrogen-bond donors (Lipinski definition) is 1. The molecule has 0 spiro atoms. The number of benzene rings is 1. The molecule has 1 heterocycles. The minimum atomic E-state index is 0.0217. The molecular weight excluding hydrogens is 222 g/mol. The van der Waals surface area contributed by atoms with Gasteiger partial charge in [-0.1, -0.05) is 11.6 Å². The highest BCUT2D eigenvalue weighted by atomic mass is 35.5. The monoisotopic (exact) mass is 233 g/mol. The van der Waals surface area contributed by atoms with E-state index in [-0.39, 0.29) is 5.54 Å². The Hall–Kier alpha value is -1.19. The summed E-state index contributed by atoms with van der Waals surface area (Å²) in [5.41, 5.74) is 0.976. The Morgan fingerprint density at radius 3 is 2.88 bits per heavy atom. The molecule has 1 saturated carbocycles. The maximum absolute atomic E-state index is 5.92. The summed E-state index contributed by atoms with van der Waals surface area (Å²) in [5, 5.41) is 5.00. The van der Waals surface area contributed by atoms with Crippen molar-refractivity contribution < 1.29 is 0 Å². The molecule has 3 nitrogen and oxygen atoms in total. The van der Waals surface area contributed by atoms with E-state index in [1.54, 1.807) is 0 Å². The van der Waals surface area contributed by atoms with Crippen molar-refractivity contribution in [2.24, 2.45) is 0 Å². The number of nitrogens with one attached hydrogen (secondary N) is 1. The van der Waals surface area contributed by atoms with E-state index in [0.29, 0.717) is 0 Å². The molecule has 16 heavy (non-hydrogen) atoms. The molecule has 2 aromatic rings. The van der Waals surface area contributed by atoms with Crippen LogP contribution >= 0.6 is 11.6 Å². The Labute approximate surface area is 98.9 Å². The second kappa shape index (κ2) is 3.40. The fourth-order valence-corrected chi connectivity index (χ4v) is 2.13. The van der Waals surface area contributed by atoms with Gasteiger partial charge in [0, 0.05) is 16.6 Å². The quantitative estimate of drug-likeness (QED) is 0.866. The van der Waals surface area contributed by atoms with Gasteiger partial charge in [-0.05, 0) is 38.1 Å². The van der Waals surface area contributed by atoms with Crippen molar-refractivity contribution in [2.45, 2.75) is 18.4 Å². The third kappa shape index (κ3) is 1.47. The Morgan fingerprint density at radius 2 is 2.19 bits per heavy atom. The van der Waals surface area contributed by atoms with Gasteiger partial charge in [0.15, 0.2) is 0 Å². The van der Waals surface area contributed by atoms with Crippen molar-refractivity contribution in [2.75, 3.05) is 7.05 Å². The fraction of sp³-hybridized carbons (Fsp3) is 0.333. The van der Waals surface area contributed by atoms with Crippen LogP contribution in [0.2, 0.25) is 5.02 Å². The molecule has 0 atom stereocenters. The van der Waals surface area contributed by atoms with E-state index >= 15 is 0 Å². The SMILES string of the molecule is CNC1(c2ncc3cc(Cl)ccc3n2)CC1. The Morgan fingerprint density at radius 1 is 1.38 bits per heavy atom. The predicted molar refractivity (Wildman–Crippen MR) is 64.5 cm³/mol. The van der Waals surface area contributed by atoms with Gasteiger partial charge in [-0.25, -0.2) is 9.97 Å². The van der Waals surface area contributed by atoms with Crippen LogP contribution in [0, 0.1) is 0 Å². The highest BCUT2D eigenvalue weighted by Gasteiger charge is 2.45. The third-order valence-electron chi connectivity index (χ3n) is 3.20. The van der Waals surface area contributed by atoms with Gasteiger partial charge in [-0.2, -0.15) is 0 Å². The lowest BCUT2D eigenvalue weighted by molar-refractivity contribution is 0.550. The second-order valence-electron chi connectivity index (χ2n) is 4.23. The molecule has 0 saturated heterocycles. The van der Waals surface area contributed by atoms with Crippen molar-refractivity contribution in [3.8, 4) is 0 Å². The van der Waals surface area contributed by atoms with E-state index < -0.39 is 0 Å². The summed E-state index contributed by atoms with van der Waals surface area (Å²) in [6, 6.07) is 5.69. The number of nitrogens with zero attached hydrogens (tertiary/aromatic N) is 2. The topological polar surface area (TPSA) is 37.8 Å². The molecule has 0 aliphatic heterocycles. The molecule has 1 aliphatic rings. The third-order valence-corrected chi connectivity index (χ3v) is 3.43. The fourth-order valence-electron chi connectivity index (χ4n) is 1.95. The lowest BCUT2D eigenvalue weighted by Crippen LogP contribution is -2.26. The first-order chi connectivity index (χ1) is 7.73. The Balaban J connectivity index is 2.13. The van der Waals surface area contributed by atoms with Crippen LogP contribution in [-0.2, 0) is 5.54 Å². The number of aromatic nitrogens is 2. The van der Waals surface area contributed by atoms with E-state index in [2.05, 4.69) is 15.3 Å². The average Bonchev–Trinajstić information content (AvgIpc) is 3.09. The molecule has 1 N–H and O–H groups in total. The van der Waals surface area contributed by atoms with Crippen LogP contribution in [0.5, 0.6) is 0 Å². The van der Waals surface area contributed by atoms with Crippen molar-refractivity contribution in [1.82, 2.24) is 15.3 Å².